The molecule has 0 aliphatic carbocycles. The van der Waals surface area contributed by atoms with Crippen LogP contribution < -0.4 is 4.18 Å². The van der Waals surface area contributed by atoms with Crippen LogP contribution in [0.4, 0.5) is 39.5 Å². The fourth-order valence-electron chi connectivity index (χ4n) is 1.15. The molecular weight excluding hydrogens is 387 g/mol. The Morgan fingerprint density at radius 2 is 1.21 bits per heavy atom. The van der Waals surface area contributed by atoms with E-state index in [9.17, 15) is 47.9 Å². The van der Waals surface area contributed by atoms with Crippen LogP contribution in [0.2, 0.25) is 0 Å². The van der Waals surface area contributed by atoms with Gasteiger partial charge in [-0.1, -0.05) is 18.2 Å². The summed E-state index contributed by atoms with van der Waals surface area (Å²) >= 11 is 0. The molecule has 0 spiro atoms. The number of hydrogen-bond acceptors (Lipinski definition) is 4. The minimum Gasteiger partial charge on any atom is -0.362 e. The number of benzene rings is 1. The molecule has 24 heavy (non-hydrogen) atoms. The van der Waals surface area contributed by atoms with Gasteiger partial charge in [0.25, 0.3) is 0 Å². The number of halogens is 9. The van der Waals surface area contributed by atoms with Crippen molar-refractivity contribution in [3.8, 4) is 5.75 Å². The lowest BCUT2D eigenvalue weighted by molar-refractivity contribution is -0.428. The number of hydrogen-bond donors (Lipinski definition) is 0. The first-order chi connectivity index (χ1) is 10.5. The average Bonchev–Trinajstić information content (AvgIpc) is 2.36. The molecular formula is C10H5F9O4S. The fourth-order valence-corrected chi connectivity index (χ4v) is 1.89. The molecule has 0 N–H and O–H groups in total. The monoisotopic (exact) mass is 392 g/mol. The molecule has 0 aliphatic heterocycles. The quantitative estimate of drug-likeness (QED) is 0.692. The van der Waals surface area contributed by atoms with Gasteiger partial charge in [-0.2, -0.15) is 52.1 Å². The minimum absolute atomic E-state index is 0.751. The van der Waals surface area contributed by atoms with E-state index in [1.165, 1.54) is 6.07 Å². The lowest BCUT2D eigenvalue weighted by Crippen LogP contribution is -2.62. The predicted octanol–water partition coefficient (Wildman–Crippen LogP) is 3.75. The summed E-state index contributed by atoms with van der Waals surface area (Å²) in [5, 5.41) is 0. The maximum Gasteiger partial charge on any atom is 0.460 e. The van der Waals surface area contributed by atoms with E-state index < -0.39 is 40.3 Å². The molecule has 0 fully saturated rings. The van der Waals surface area contributed by atoms with Gasteiger partial charge >= 0.3 is 34.5 Å². The van der Waals surface area contributed by atoms with Crippen LogP contribution >= 0.6 is 0 Å². The van der Waals surface area contributed by atoms with Crippen molar-refractivity contribution in [2.45, 2.75) is 24.1 Å². The number of rotatable bonds is 6. The maximum atomic E-state index is 13.0. The van der Waals surface area contributed by atoms with E-state index in [1.54, 1.807) is 0 Å². The van der Waals surface area contributed by atoms with Gasteiger partial charge in [-0.05, 0) is 12.1 Å². The van der Waals surface area contributed by atoms with Crippen LogP contribution in [0, 0.1) is 0 Å². The Hall–Kier alpha value is -1.70. The lowest BCUT2D eigenvalue weighted by Gasteiger charge is -2.32. The van der Waals surface area contributed by atoms with Gasteiger partial charge in [-0.3, -0.25) is 0 Å². The molecule has 1 aromatic rings. The zero-order valence-electron chi connectivity index (χ0n) is 10.8. The number of para-hydroxylation sites is 1. The Morgan fingerprint density at radius 3 is 1.62 bits per heavy atom. The summed E-state index contributed by atoms with van der Waals surface area (Å²) < 4.78 is 141. The molecule has 0 saturated heterocycles. The second kappa shape index (κ2) is 5.98. The molecule has 0 atom stereocenters. The molecule has 4 nitrogen and oxygen atoms in total. The van der Waals surface area contributed by atoms with Crippen LogP contribution in [-0.2, 0) is 14.6 Å². The maximum absolute atomic E-state index is 13.0. The molecule has 0 heterocycles. The highest BCUT2D eigenvalue weighted by Gasteiger charge is 2.83. The topological polar surface area (TPSA) is 52.6 Å². The molecule has 14 heteroatoms. The molecule has 1 rings (SSSR count). The smallest absolute Gasteiger partial charge is 0.362 e. The molecule has 0 unspecified atom stereocenters. The number of alkyl halides is 9. The molecule has 0 amide bonds. The summed E-state index contributed by atoms with van der Waals surface area (Å²) in [6.07, 6.45) is -13.9. The van der Waals surface area contributed by atoms with Gasteiger partial charge in [0.15, 0.2) is 0 Å². The standard InChI is InChI=1S/C10H5F9O4S/c11-7(12,9(15,16)17)8(13,14)10(18,19)23-24(20,21)22-6-4-2-1-3-5-6/h1-5H. The molecule has 0 aliphatic rings. The van der Waals surface area contributed by atoms with Gasteiger partial charge in [0.05, 0.1) is 0 Å². The van der Waals surface area contributed by atoms with Gasteiger partial charge in [0.2, 0.25) is 0 Å². The van der Waals surface area contributed by atoms with Gasteiger partial charge in [-0.15, -0.1) is 0 Å². The van der Waals surface area contributed by atoms with E-state index in [-0.39, 0.29) is 0 Å². The van der Waals surface area contributed by atoms with Crippen LogP contribution in [0.25, 0.3) is 0 Å². The molecule has 0 saturated carbocycles. The molecule has 0 aromatic heterocycles. The zero-order chi connectivity index (χ0) is 19.0. The normalized spacial score (nSPS) is 14.5. The van der Waals surface area contributed by atoms with Crippen molar-refractivity contribution < 1.29 is 56.3 Å². The summed E-state index contributed by atoms with van der Waals surface area (Å²) in [6, 6.07) is 5.15. The van der Waals surface area contributed by atoms with E-state index >= 15 is 0 Å². The van der Waals surface area contributed by atoms with Crippen molar-refractivity contribution in [1.29, 1.82) is 0 Å². The van der Waals surface area contributed by atoms with E-state index in [0.29, 0.717) is 0 Å². The van der Waals surface area contributed by atoms with Gasteiger partial charge < -0.3 is 4.18 Å². The molecule has 0 radical (unpaired) electrons. The zero-order valence-corrected chi connectivity index (χ0v) is 11.6. The highest BCUT2D eigenvalue weighted by Crippen LogP contribution is 2.53. The van der Waals surface area contributed by atoms with Gasteiger partial charge in [0, 0.05) is 0 Å². The highest BCUT2D eigenvalue weighted by atomic mass is 32.3. The second-order valence-corrected chi connectivity index (χ2v) is 5.20. The first kappa shape index (κ1) is 20.3. The summed E-state index contributed by atoms with van der Waals surface area (Å²) in [7, 11) is -6.11. The Bertz CT molecular complexity index is 669. The van der Waals surface area contributed by atoms with Crippen molar-refractivity contribution in [1.82, 2.24) is 0 Å². The summed E-state index contributed by atoms with van der Waals surface area (Å²) in [5.41, 5.74) is 0. The lowest BCUT2D eigenvalue weighted by atomic mass is 10.1. The average molecular weight is 392 g/mol. The van der Waals surface area contributed by atoms with Gasteiger partial charge in [0.1, 0.15) is 5.75 Å². The fraction of sp³-hybridized carbons (Fsp3) is 0.400. The van der Waals surface area contributed by atoms with E-state index in [1.807, 2.05) is 0 Å². The molecule has 0 bridgehead atoms. The second-order valence-electron chi connectivity index (χ2n) is 4.05. The first-order valence-electron chi connectivity index (χ1n) is 5.44. The van der Waals surface area contributed by atoms with E-state index in [4.69, 9.17) is 0 Å². The van der Waals surface area contributed by atoms with E-state index in [0.717, 1.165) is 24.3 Å². The summed E-state index contributed by atoms with van der Waals surface area (Å²) in [5.74, 6) is -15.3. The molecule has 1 aromatic carbocycles. The van der Waals surface area contributed by atoms with Crippen LogP contribution in [-0.4, -0.2) is 32.5 Å². The van der Waals surface area contributed by atoms with Gasteiger partial charge in [-0.25, -0.2) is 0 Å². The van der Waals surface area contributed by atoms with Crippen LogP contribution in [0.3, 0.4) is 0 Å². The predicted molar refractivity (Wildman–Crippen MR) is 58.0 cm³/mol. The summed E-state index contributed by atoms with van der Waals surface area (Å²) in [4.78, 5) is 0. The van der Waals surface area contributed by atoms with Crippen molar-refractivity contribution in [2.75, 3.05) is 0 Å². The first-order valence-corrected chi connectivity index (χ1v) is 6.77. The third kappa shape index (κ3) is 3.85. The van der Waals surface area contributed by atoms with Crippen LogP contribution in [0.1, 0.15) is 0 Å². The Labute approximate surface area is 128 Å². The van der Waals surface area contributed by atoms with Crippen molar-refractivity contribution in [3.05, 3.63) is 30.3 Å². The SMILES string of the molecule is O=S(=O)(Oc1ccccc1)OC(F)(F)C(F)(F)C(F)(F)C(F)(F)F. The van der Waals surface area contributed by atoms with Crippen LogP contribution in [0.15, 0.2) is 30.3 Å². The Kier molecular flexibility index (Phi) is 5.07. The highest BCUT2D eigenvalue weighted by molar-refractivity contribution is 7.82. The van der Waals surface area contributed by atoms with Crippen molar-refractivity contribution in [2.24, 2.45) is 0 Å². The Balaban J connectivity index is 3.11. The van der Waals surface area contributed by atoms with E-state index in [2.05, 4.69) is 8.37 Å². The minimum atomic E-state index is -7.29. The van der Waals surface area contributed by atoms with Crippen molar-refractivity contribution in [3.63, 3.8) is 0 Å². The summed E-state index contributed by atoms with van der Waals surface area (Å²) in [6.45, 7) is 0. The Morgan fingerprint density at radius 1 is 0.750 bits per heavy atom. The van der Waals surface area contributed by atoms with Crippen molar-refractivity contribution >= 4 is 10.4 Å². The largest absolute Gasteiger partial charge is 0.460 e. The molecule has 138 valence electrons. The van der Waals surface area contributed by atoms with Crippen LogP contribution in [0.5, 0.6) is 5.75 Å². The third-order valence-corrected chi connectivity index (χ3v) is 3.07. The third-order valence-electron chi connectivity index (χ3n) is 2.26.